The van der Waals surface area contributed by atoms with E-state index in [1.165, 1.54) is 26.2 Å². The second-order valence-electron chi connectivity index (χ2n) is 25.8. The molecule has 0 unspecified atom stereocenters. The van der Waals surface area contributed by atoms with Gasteiger partial charge in [-0.3, -0.25) is 0 Å². The summed E-state index contributed by atoms with van der Waals surface area (Å²) in [6.45, 7) is -0.781. The maximum Gasteiger partial charge on any atom is 0.297 e. The predicted octanol–water partition coefficient (Wildman–Crippen LogP) is 16.2. The van der Waals surface area contributed by atoms with E-state index < -0.39 is 14.8 Å². The molecule has 0 amide bonds. The van der Waals surface area contributed by atoms with Crippen LogP contribution in [0.2, 0.25) is 0 Å². The summed E-state index contributed by atoms with van der Waals surface area (Å²) in [4.78, 5) is 12.5. The molecule has 16 aromatic rings. The van der Waals surface area contributed by atoms with Gasteiger partial charge in [0, 0.05) is 79.0 Å². The third kappa shape index (κ3) is 8.31. The third-order valence-electron chi connectivity index (χ3n) is 20.6. The van der Waals surface area contributed by atoms with E-state index in [1.54, 1.807) is 0 Å². The van der Waals surface area contributed by atoms with Crippen molar-refractivity contribution in [3.63, 3.8) is 0 Å². The van der Waals surface area contributed by atoms with Gasteiger partial charge in [-0.2, -0.15) is 0 Å². The van der Waals surface area contributed by atoms with Crippen LogP contribution in [0.5, 0.6) is 0 Å². The molecule has 0 fully saturated rings. The van der Waals surface area contributed by atoms with Crippen molar-refractivity contribution in [3.8, 4) is 0 Å². The lowest BCUT2D eigenvalue weighted by Crippen LogP contribution is -2.75. The van der Waals surface area contributed by atoms with Gasteiger partial charge in [0.25, 0.3) is 13.4 Å². The number of rotatable bonds is 11. The van der Waals surface area contributed by atoms with Crippen molar-refractivity contribution in [2.24, 2.45) is 0 Å². The number of para-hydroxylation sites is 8. The molecule has 0 saturated carbocycles. The number of benzene rings is 14. The Balaban J connectivity index is 0.947. The molecule has 0 bridgehead atoms. The van der Waals surface area contributed by atoms with Crippen LogP contribution in [-0.2, 0) is 0 Å². The van der Waals surface area contributed by atoms with Gasteiger partial charge in [-0.1, -0.05) is 231 Å². The summed E-state index contributed by atoms with van der Waals surface area (Å²) in [6, 6.07) is 132. The Morgan fingerprint density at radius 2 is 0.561 bits per heavy atom. The standard InChI is InChI=1S/C88H59B2N5O2Si/c1-10-32-60(33-11-1)91(61-34-12-2-13-35-61)66-54-77-83-78(55-66)94(64-40-18-5-19-41-64)85-71-50-28-30-52-81(71)96-87(85)89(83)73-58-74-76(59-75(73)92(77)62-36-14-3-15-37-62)93(63-38-16-4-17-39-63)79-56-70(98(67-44-22-7-23-45-67,68-46-24-8-25-47-68)69-48-26-9-27-49-69)57-80-84(79)90(74)88-86(72-51-29-31-53-82(72)97-88)95(80)65-42-20-6-21-43-65/h1-59H. The lowest BCUT2D eigenvalue weighted by Gasteiger charge is -2.46. The van der Waals surface area contributed by atoms with Gasteiger partial charge >= 0.3 is 0 Å². The fraction of sp³-hybridized carbons (Fsp3) is 0. The largest absolute Gasteiger partial charge is 0.468 e. The monoisotopic (exact) mass is 1270 g/mol. The molecule has 6 heterocycles. The van der Waals surface area contributed by atoms with Crippen molar-refractivity contribution in [2.45, 2.75) is 0 Å². The number of anilines is 15. The van der Waals surface area contributed by atoms with Gasteiger partial charge in [0.1, 0.15) is 11.2 Å². The van der Waals surface area contributed by atoms with Gasteiger partial charge in [0.05, 0.1) is 28.4 Å². The first kappa shape index (κ1) is 55.9. The zero-order valence-corrected chi connectivity index (χ0v) is 54.3. The van der Waals surface area contributed by atoms with Crippen LogP contribution < -0.4 is 78.4 Å². The number of hydrogen-bond acceptors (Lipinski definition) is 7. The number of fused-ring (bicyclic) bond motifs is 12. The summed E-state index contributed by atoms with van der Waals surface area (Å²) in [7, 11) is -3.26. The second kappa shape index (κ2) is 22.3. The van der Waals surface area contributed by atoms with Crippen molar-refractivity contribution < 1.29 is 8.83 Å². The minimum absolute atomic E-state index is 0.388. The quantitative estimate of drug-likeness (QED) is 0.0944. The first-order valence-corrected chi connectivity index (χ1v) is 35.7. The van der Waals surface area contributed by atoms with Crippen LogP contribution in [0.1, 0.15) is 0 Å². The van der Waals surface area contributed by atoms with Crippen molar-refractivity contribution in [3.05, 3.63) is 358 Å². The minimum atomic E-state index is -3.26. The molecule has 0 N–H and O–H groups in total. The minimum Gasteiger partial charge on any atom is -0.468 e. The van der Waals surface area contributed by atoms with Crippen molar-refractivity contribution in [1.29, 1.82) is 0 Å². The van der Waals surface area contributed by atoms with Gasteiger partial charge < -0.3 is 33.3 Å². The molecule has 20 rings (SSSR count). The molecule has 2 aromatic heterocycles. The third-order valence-corrected chi connectivity index (χ3v) is 25.4. The average molecular weight is 1270 g/mol. The van der Waals surface area contributed by atoms with Crippen LogP contribution >= 0.6 is 0 Å². The van der Waals surface area contributed by atoms with Crippen LogP contribution in [-0.4, -0.2) is 21.5 Å². The Bertz CT molecular complexity index is 5600. The summed E-state index contributed by atoms with van der Waals surface area (Å²) in [5, 5.41) is 7.25. The summed E-state index contributed by atoms with van der Waals surface area (Å²) in [5.74, 6) is 0. The zero-order valence-electron chi connectivity index (χ0n) is 53.3. The zero-order chi connectivity index (χ0) is 64.4. The summed E-state index contributed by atoms with van der Waals surface area (Å²) in [6.07, 6.45) is 0. The van der Waals surface area contributed by atoms with E-state index in [9.17, 15) is 0 Å². The highest BCUT2D eigenvalue weighted by atomic mass is 28.3. The Hall–Kier alpha value is -12.5. The molecular weight excluding hydrogens is 1210 g/mol. The smallest absolute Gasteiger partial charge is 0.297 e. The lowest BCUT2D eigenvalue weighted by atomic mass is 9.32. The second-order valence-corrected chi connectivity index (χ2v) is 29.6. The van der Waals surface area contributed by atoms with Gasteiger partial charge in [0.2, 0.25) is 0 Å². The van der Waals surface area contributed by atoms with Crippen LogP contribution in [0, 0.1) is 0 Å². The predicted molar refractivity (Wildman–Crippen MR) is 412 cm³/mol. The molecular formula is C88H59B2N5O2Si. The fourth-order valence-electron chi connectivity index (χ4n) is 16.7. The normalized spacial score (nSPS) is 13.2. The van der Waals surface area contributed by atoms with Gasteiger partial charge in [-0.25, -0.2) is 0 Å². The SMILES string of the molecule is c1ccc(N(c2ccccc2)c2cc3c4c(c2)N(c2ccccc2)c2c(oc5ccccc25)B4c2cc4c(cc2N3c2ccccc2)N(c2ccccc2)c2cc([Si](c3ccccc3)(c3ccccc3)c3ccccc3)cc3c2B4c2oc4ccccc4c2N3c2ccccc2)cc1. The maximum atomic E-state index is 7.64. The molecule has 98 heavy (non-hydrogen) atoms. The van der Waals surface area contributed by atoms with E-state index in [-0.39, 0.29) is 6.71 Å². The van der Waals surface area contributed by atoms with Crippen molar-refractivity contribution >= 4 is 183 Å². The van der Waals surface area contributed by atoms with Crippen LogP contribution in [0.15, 0.2) is 367 Å². The van der Waals surface area contributed by atoms with Crippen LogP contribution in [0.3, 0.4) is 0 Å². The van der Waals surface area contributed by atoms with Crippen molar-refractivity contribution in [1.82, 2.24) is 0 Å². The van der Waals surface area contributed by atoms with Crippen LogP contribution in [0.25, 0.3) is 21.9 Å². The van der Waals surface area contributed by atoms with E-state index in [2.05, 4.69) is 382 Å². The number of furan rings is 2. The molecule has 4 aliphatic heterocycles. The molecule has 7 nitrogen and oxygen atoms in total. The molecule has 0 spiro atoms. The molecule has 0 saturated heterocycles. The highest BCUT2D eigenvalue weighted by molar-refractivity contribution is 7.20. The Morgan fingerprint density at radius 1 is 0.255 bits per heavy atom. The fourth-order valence-corrected chi connectivity index (χ4v) is 21.5. The summed E-state index contributed by atoms with van der Waals surface area (Å²) >= 11 is 0. The Morgan fingerprint density at radius 3 is 0.949 bits per heavy atom. The lowest BCUT2D eigenvalue weighted by molar-refractivity contribution is 0.651. The molecule has 0 radical (unpaired) electrons. The van der Waals surface area contributed by atoms with E-state index in [0.29, 0.717) is 0 Å². The topological polar surface area (TPSA) is 42.5 Å². The Kier molecular flexibility index (Phi) is 12.7. The molecule has 458 valence electrons. The summed E-state index contributed by atoms with van der Waals surface area (Å²) < 4.78 is 15.2. The van der Waals surface area contributed by atoms with E-state index in [1.807, 2.05) is 0 Å². The van der Waals surface area contributed by atoms with Gasteiger partial charge in [-0.05, 0) is 170 Å². The van der Waals surface area contributed by atoms with E-state index in [4.69, 9.17) is 8.83 Å². The van der Waals surface area contributed by atoms with E-state index in [0.717, 1.165) is 135 Å². The molecule has 14 aromatic carbocycles. The first-order chi connectivity index (χ1) is 48.7. The molecule has 10 heteroatoms. The van der Waals surface area contributed by atoms with E-state index >= 15 is 0 Å². The van der Waals surface area contributed by atoms with Crippen LogP contribution in [0.4, 0.5) is 85.3 Å². The van der Waals surface area contributed by atoms with Gasteiger partial charge in [0.15, 0.2) is 8.07 Å². The molecule has 0 atom stereocenters. The molecule has 4 aliphatic rings. The number of nitrogens with zero attached hydrogens (tertiary/aromatic N) is 5. The highest BCUT2D eigenvalue weighted by Crippen LogP contribution is 2.53. The average Bonchev–Trinajstić information content (AvgIpc) is 1.19. The summed E-state index contributed by atoms with van der Waals surface area (Å²) in [5.41, 5.74) is 23.8. The first-order valence-electron chi connectivity index (χ1n) is 33.7. The Labute approximate surface area is 570 Å². The van der Waals surface area contributed by atoms with Gasteiger partial charge in [-0.15, -0.1) is 0 Å². The van der Waals surface area contributed by atoms with Crippen molar-refractivity contribution in [2.75, 3.05) is 24.5 Å². The number of hydrogen-bond donors (Lipinski definition) is 0. The molecule has 0 aliphatic carbocycles. The maximum absolute atomic E-state index is 7.64. The highest BCUT2D eigenvalue weighted by Gasteiger charge is 2.53.